The van der Waals surface area contributed by atoms with Crippen molar-refractivity contribution in [3.63, 3.8) is 0 Å². The number of nitrogens with one attached hydrogen (secondary N) is 1. The van der Waals surface area contributed by atoms with Crippen LogP contribution in [0.1, 0.15) is 22.9 Å². The molecule has 4 heteroatoms. The second-order valence-electron chi connectivity index (χ2n) is 5.07. The number of hydrogen-bond donors (Lipinski definition) is 1. The highest BCUT2D eigenvalue weighted by Crippen LogP contribution is 2.30. The maximum atomic E-state index is 4.81. The van der Waals surface area contributed by atoms with E-state index in [4.69, 9.17) is 4.98 Å². The summed E-state index contributed by atoms with van der Waals surface area (Å²) in [6, 6.07) is 10.9. The van der Waals surface area contributed by atoms with Gasteiger partial charge in [0, 0.05) is 28.8 Å². The average molecular weight is 314 g/mol. The first-order valence-electron chi connectivity index (χ1n) is 6.97. The standard InChI is InChI=1S/C17H18N2S2/c1-12-9-20-11-15(12)17-19-14(10-21-17)8-16(18-2)13-6-4-3-5-7-13/h3-7,9-11,16,18H,8H2,1-2H3. The molecule has 0 saturated heterocycles. The van der Waals surface area contributed by atoms with Crippen molar-refractivity contribution in [2.45, 2.75) is 19.4 Å². The molecule has 1 N–H and O–H groups in total. The van der Waals surface area contributed by atoms with Crippen LogP contribution in [0.15, 0.2) is 46.5 Å². The van der Waals surface area contributed by atoms with Crippen molar-refractivity contribution in [3.8, 4) is 10.6 Å². The molecule has 21 heavy (non-hydrogen) atoms. The van der Waals surface area contributed by atoms with Crippen molar-refractivity contribution in [2.75, 3.05) is 7.05 Å². The molecule has 108 valence electrons. The van der Waals surface area contributed by atoms with Gasteiger partial charge in [-0.3, -0.25) is 0 Å². The topological polar surface area (TPSA) is 24.9 Å². The van der Waals surface area contributed by atoms with Crippen LogP contribution < -0.4 is 5.32 Å². The van der Waals surface area contributed by atoms with Crippen molar-refractivity contribution in [1.82, 2.24) is 10.3 Å². The molecule has 2 aromatic heterocycles. The predicted octanol–water partition coefficient (Wildman–Crippen LogP) is 4.68. The summed E-state index contributed by atoms with van der Waals surface area (Å²) in [5, 5.41) is 11.1. The van der Waals surface area contributed by atoms with Crippen LogP contribution in [0, 0.1) is 6.92 Å². The van der Waals surface area contributed by atoms with Gasteiger partial charge in [-0.1, -0.05) is 30.3 Å². The fraction of sp³-hybridized carbons (Fsp3) is 0.235. The molecular weight excluding hydrogens is 296 g/mol. The zero-order valence-corrected chi connectivity index (χ0v) is 13.8. The first kappa shape index (κ1) is 14.4. The number of hydrogen-bond acceptors (Lipinski definition) is 4. The highest BCUT2D eigenvalue weighted by atomic mass is 32.1. The molecule has 3 aromatic rings. The van der Waals surface area contributed by atoms with Crippen LogP contribution in [0.25, 0.3) is 10.6 Å². The Labute approximate surface area is 133 Å². The van der Waals surface area contributed by atoms with Crippen molar-refractivity contribution in [2.24, 2.45) is 0 Å². The Balaban J connectivity index is 1.79. The number of thiophene rings is 1. The molecule has 0 saturated carbocycles. The third kappa shape index (κ3) is 3.23. The lowest BCUT2D eigenvalue weighted by molar-refractivity contribution is 0.586. The average Bonchev–Trinajstić information content (AvgIpc) is 3.14. The lowest BCUT2D eigenvalue weighted by Gasteiger charge is -2.15. The molecule has 1 aromatic carbocycles. The number of thiazole rings is 1. The van der Waals surface area contributed by atoms with Gasteiger partial charge < -0.3 is 5.32 Å². The maximum Gasteiger partial charge on any atom is 0.124 e. The van der Waals surface area contributed by atoms with Crippen molar-refractivity contribution < 1.29 is 0 Å². The normalized spacial score (nSPS) is 12.5. The molecule has 1 unspecified atom stereocenters. The van der Waals surface area contributed by atoms with Crippen LogP contribution in [0.3, 0.4) is 0 Å². The van der Waals surface area contributed by atoms with E-state index in [1.807, 2.05) is 7.05 Å². The predicted molar refractivity (Wildman–Crippen MR) is 92.1 cm³/mol. The molecule has 0 aliphatic carbocycles. The minimum absolute atomic E-state index is 0.310. The summed E-state index contributed by atoms with van der Waals surface area (Å²) in [4.78, 5) is 4.81. The first-order chi connectivity index (χ1) is 10.3. The van der Waals surface area contributed by atoms with Crippen LogP contribution in [0.2, 0.25) is 0 Å². The molecule has 2 heterocycles. The zero-order valence-electron chi connectivity index (χ0n) is 12.2. The SMILES string of the molecule is CNC(Cc1csc(-c2cscc2C)n1)c1ccccc1. The van der Waals surface area contributed by atoms with E-state index < -0.39 is 0 Å². The summed E-state index contributed by atoms with van der Waals surface area (Å²) in [6.07, 6.45) is 0.917. The summed E-state index contributed by atoms with van der Waals surface area (Å²) >= 11 is 3.48. The third-order valence-corrected chi connectivity index (χ3v) is 5.39. The van der Waals surface area contributed by atoms with Crippen LogP contribution in [-0.4, -0.2) is 12.0 Å². The monoisotopic (exact) mass is 314 g/mol. The first-order valence-corrected chi connectivity index (χ1v) is 8.80. The van der Waals surface area contributed by atoms with Gasteiger partial charge in [-0.15, -0.1) is 11.3 Å². The molecule has 1 atom stereocenters. The van der Waals surface area contributed by atoms with Crippen LogP contribution in [0.5, 0.6) is 0 Å². The lowest BCUT2D eigenvalue weighted by atomic mass is 10.0. The Morgan fingerprint density at radius 1 is 1.14 bits per heavy atom. The van der Waals surface area contributed by atoms with Gasteiger partial charge in [0.2, 0.25) is 0 Å². The Bertz CT molecular complexity index is 700. The summed E-state index contributed by atoms with van der Waals surface area (Å²) < 4.78 is 0. The summed E-state index contributed by atoms with van der Waals surface area (Å²) in [7, 11) is 2.01. The van der Waals surface area contributed by atoms with Crippen molar-refractivity contribution in [3.05, 3.63) is 63.3 Å². The van der Waals surface area contributed by atoms with E-state index in [1.54, 1.807) is 22.7 Å². The Morgan fingerprint density at radius 3 is 2.62 bits per heavy atom. The number of nitrogens with zero attached hydrogens (tertiary/aromatic N) is 1. The second kappa shape index (κ2) is 6.52. The van der Waals surface area contributed by atoms with Gasteiger partial charge in [0.25, 0.3) is 0 Å². The van der Waals surface area contributed by atoms with Gasteiger partial charge in [0.1, 0.15) is 5.01 Å². The number of rotatable bonds is 5. The Kier molecular flexibility index (Phi) is 4.48. The summed E-state index contributed by atoms with van der Waals surface area (Å²) in [5.41, 5.74) is 5.05. The molecular formula is C17H18N2S2. The van der Waals surface area contributed by atoms with Gasteiger partial charge in [-0.25, -0.2) is 4.98 Å². The van der Waals surface area contributed by atoms with Crippen LogP contribution in [-0.2, 0) is 6.42 Å². The Morgan fingerprint density at radius 2 is 1.95 bits per heavy atom. The van der Waals surface area contributed by atoms with E-state index in [9.17, 15) is 0 Å². The summed E-state index contributed by atoms with van der Waals surface area (Å²) in [5.74, 6) is 0. The number of benzene rings is 1. The maximum absolute atomic E-state index is 4.81. The fourth-order valence-corrected chi connectivity index (χ4v) is 4.21. The van der Waals surface area contributed by atoms with Gasteiger partial charge in [-0.05, 0) is 30.5 Å². The highest BCUT2D eigenvalue weighted by Gasteiger charge is 2.13. The second-order valence-corrected chi connectivity index (χ2v) is 6.67. The number of aromatic nitrogens is 1. The molecule has 0 spiro atoms. The van der Waals surface area contributed by atoms with Gasteiger partial charge >= 0.3 is 0 Å². The molecule has 0 bridgehead atoms. The molecule has 0 amide bonds. The van der Waals surface area contributed by atoms with Gasteiger partial charge in [0.15, 0.2) is 0 Å². The van der Waals surface area contributed by atoms with E-state index in [-0.39, 0.29) is 0 Å². The third-order valence-electron chi connectivity index (χ3n) is 3.60. The highest BCUT2D eigenvalue weighted by molar-refractivity contribution is 7.14. The van der Waals surface area contributed by atoms with Gasteiger partial charge in [-0.2, -0.15) is 11.3 Å². The van der Waals surface area contributed by atoms with E-state index in [0.29, 0.717) is 6.04 Å². The van der Waals surface area contributed by atoms with Gasteiger partial charge in [0.05, 0.1) is 5.69 Å². The summed E-state index contributed by atoms with van der Waals surface area (Å²) in [6.45, 7) is 2.15. The number of likely N-dealkylation sites (N-methyl/N-ethyl adjacent to an activating group) is 1. The lowest BCUT2D eigenvalue weighted by Crippen LogP contribution is -2.18. The van der Waals surface area contributed by atoms with E-state index >= 15 is 0 Å². The fourth-order valence-electron chi connectivity index (χ4n) is 2.39. The molecule has 0 fully saturated rings. The van der Waals surface area contributed by atoms with Crippen LogP contribution in [0.4, 0.5) is 0 Å². The molecule has 2 nitrogen and oxygen atoms in total. The minimum atomic E-state index is 0.310. The van der Waals surface area contributed by atoms with Crippen LogP contribution >= 0.6 is 22.7 Å². The molecule has 0 radical (unpaired) electrons. The quantitative estimate of drug-likeness (QED) is 0.739. The van der Waals surface area contributed by atoms with E-state index in [2.05, 4.69) is 58.7 Å². The minimum Gasteiger partial charge on any atom is -0.313 e. The Hall–Kier alpha value is -1.49. The largest absolute Gasteiger partial charge is 0.313 e. The smallest absolute Gasteiger partial charge is 0.124 e. The molecule has 3 rings (SSSR count). The molecule has 0 aliphatic heterocycles. The number of aryl methyl sites for hydroxylation is 1. The van der Waals surface area contributed by atoms with Crippen molar-refractivity contribution in [1.29, 1.82) is 0 Å². The zero-order chi connectivity index (χ0) is 14.7. The van der Waals surface area contributed by atoms with E-state index in [1.165, 1.54) is 16.7 Å². The molecule has 0 aliphatic rings. The van der Waals surface area contributed by atoms with E-state index in [0.717, 1.165) is 17.1 Å². The van der Waals surface area contributed by atoms with Crippen molar-refractivity contribution >= 4 is 22.7 Å².